The van der Waals surface area contributed by atoms with Gasteiger partial charge in [-0.25, -0.2) is 4.58 Å². The highest BCUT2D eigenvalue weighted by Crippen LogP contribution is 2.48. The maximum Gasteiger partial charge on any atom is 0.273 e. The quantitative estimate of drug-likeness (QED) is 0.0912. The number of hydrogen-bond acceptors (Lipinski definition) is 6. The predicted octanol–water partition coefficient (Wildman–Crippen LogP) is 6.10. The zero-order valence-corrected chi connectivity index (χ0v) is 28.4. The lowest BCUT2D eigenvalue weighted by molar-refractivity contribution is -0.385. The van der Waals surface area contributed by atoms with E-state index >= 15 is 0 Å². The first-order chi connectivity index (χ1) is 23.9. The molecule has 8 nitrogen and oxygen atoms in total. The van der Waals surface area contributed by atoms with Crippen molar-refractivity contribution in [2.45, 2.75) is 65.2 Å². The van der Waals surface area contributed by atoms with E-state index in [2.05, 4.69) is 46.7 Å². The van der Waals surface area contributed by atoms with Crippen LogP contribution in [0.25, 0.3) is 5.57 Å². The Kier molecular flexibility index (Phi) is 7.36. The average Bonchev–Trinajstić information content (AvgIpc) is 3.11. The highest BCUT2D eigenvalue weighted by Gasteiger charge is 2.35. The highest BCUT2D eigenvalue weighted by atomic mass is 16.6. The maximum absolute atomic E-state index is 11.3. The molecule has 4 aromatic rings. The van der Waals surface area contributed by atoms with E-state index < -0.39 is 4.92 Å². The molecule has 9 rings (SSSR count). The molecule has 0 spiro atoms. The van der Waals surface area contributed by atoms with E-state index in [0.29, 0.717) is 12.4 Å². The van der Waals surface area contributed by atoms with Crippen molar-refractivity contribution in [3.8, 4) is 23.0 Å². The number of fused-ring (bicyclic) bond motifs is 4. The number of nitro groups is 1. The summed E-state index contributed by atoms with van der Waals surface area (Å²) in [7, 11) is 0. The molecule has 0 saturated heterocycles. The fraction of sp³-hybridized carbons (Fsp3) is 0.390. The summed E-state index contributed by atoms with van der Waals surface area (Å²) in [5.41, 5.74) is 12.6. The van der Waals surface area contributed by atoms with Crippen molar-refractivity contribution in [2.24, 2.45) is 0 Å². The number of benzene rings is 4. The van der Waals surface area contributed by atoms with Crippen molar-refractivity contribution in [3.05, 3.63) is 114 Å². The summed E-state index contributed by atoms with van der Waals surface area (Å²) in [6, 6.07) is 16.2. The van der Waals surface area contributed by atoms with Crippen molar-refractivity contribution in [1.82, 2.24) is 4.58 Å². The summed E-state index contributed by atoms with van der Waals surface area (Å²) in [6.45, 7) is 9.07. The van der Waals surface area contributed by atoms with Crippen LogP contribution in [0.5, 0.6) is 23.0 Å². The molecule has 0 amide bonds. The van der Waals surface area contributed by atoms with Crippen LogP contribution in [0, 0.1) is 24.0 Å². The first-order valence-electron chi connectivity index (χ1n) is 18.0. The van der Waals surface area contributed by atoms with E-state index in [4.69, 9.17) is 14.2 Å². The van der Waals surface area contributed by atoms with Crippen LogP contribution < -0.4 is 34.3 Å². The Morgan fingerprint density at radius 2 is 1.49 bits per heavy atom. The van der Waals surface area contributed by atoms with Gasteiger partial charge in [0.05, 0.1) is 16.6 Å². The van der Waals surface area contributed by atoms with Crippen LogP contribution in [0.4, 0.5) is 11.4 Å². The van der Waals surface area contributed by atoms with E-state index in [1.54, 1.807) is 6.07 Å². The van der Waals surface area contributed by atoms with E-state index in [1.165, 1.54) is 74.6 Å². The second-order valence-electron chi connectivity index (χ2n) is 14.2. The lowest BCUT2D eigenvalue weighted by Gasteiger charge is -2.39. The molecule has 0 fully saturated rings. The Morgan fingerprint density at radius 1 is 0.796 bits per heavy atom. The third kappa shape index (κ3) is 5.06. The summed E-state index contributed by atoms with van der Waals surface area (Å²) in [6.07, 6.45) is 8.97. The van der Waals surface area contributed by atoms with Crippen LogP contribution in [0.2, 0.25) is 0 Å². The standard InChI is InChI=1S/C41H42N3O5/c1-25-11-13-27(23-35(25)47-19-20-48-36-24-30(44(45)46)14-12-26(36)2)37-33-21-28-7-3-15-42-17-5-9-31(38(28)42)40(33)49-41-32-10-6-18-43-16-4-8-29(39(32)43)22-34(37)41/h11-14,21-24H,3-10,15-20H2,1-2H3/q+1. The summed E-state index contributed by atoms with van der Waals surface area (Å²) in [5.74, 6) is 3.43. The van der Waals surface area contributed by atoms with Crippen LogP contribution in [0.15, 0.2) is 48.5 Å². The molecule has 49 heavy (non-hydrogen) atoms. The molecule has 0 atom stereocenters. The van der Waals surface area contributed by atoms with E-state index in [9.17, 15) is 10.1 Å². The third-order valence-electron chi connectivity index (χ3n) is 11.1. The molecule has 8 heteroatoms. The van der Waals surface area contributed by atoms with Gasteiger partial charge in [0.1, 0.15) is 49.3 Å². The molecule has 0 radical (unpaired) electrons. The number of rotatable bonds is 7. The zero-order chi connectivity index (χ0) is 33.2. The Balaban J connectivity index is 1.15. The second-order valence-corrected chi connectivity index (χ2v) is 14.2. The Hall–Kier alpha value is -4.85. The number of ether oxygens (including phenoxy) is 3. The molecule has 0 saturated carbocycles. The Morgan fingerprint density at radius 3 is 2.29 bits per heavy atom. The maximum atomic E-state index is 11.3. The average molecular weight is 657 g/mol. The SMILES string of the molecule is Cc1ccc(C2=c3cc4c5c(c3Oc3c2cc2c6c3CCCN6CCC2)CCC[N+]=5CCC4)cc1OCCOc1cc([N+](=O)[O-])ccc1C. The van der Waals surface area contributed by atoms with Gasteiger partial charge in [-0.1, -0.05) is 12.1 Å². The smallest absolute Gasteiger partial charge is 0.273 e. The van der Waals surface area contributed by atoms with Gasteiger partial charge in [-0.3, -0.25) is 10.1 Å². The van der Waals surface area contributed by atoms with Gasteiger partial charge < -0.3 is 19.1 Å². The number of nitro benzene ring substituents is 1. The van der Waals surface area contributed by atoms with Crippen molar-refractivity contribution in [2.75, 3.05) is 44.3 Å². The Labute approximate surface area is 286 Å². The van der Waals surface area contributed by atoms with E-state index in [0.717, 1.165) is 98.6 Å². The van der Waals surface area contributed by atoms with Crippen LogP contribution in [-0.2, 0) is 25.7 Å². The summed E-state index contributed by atoms with van der Waals surface area (Å²) in [4.78, 5) is 13.5. The molecule has 5 aliphatic heterocycles. The summed E-state index contributed by atoms with van der Waals surface area (Å²) in [5, 5.41) is 13.9. The van der Waals surface area contributed by atoms with Gasteiger partial charge in [-0.15, -0.1) is 0 Å². The number of nitrogens with zero attached hydrogens (tertiary/aromatic N) is 3. The van der Waals surface area contributed by atoms with Gasteiger partial charge in [0.2, 0.25) is 5.36 Å². The predicted molar refractivity (Wildman–Crippen MR) is 190 cm³/mol. The zero-order valence-electron chi connectivity index (χ0n) is 28.4. The molecular formula is C41H42N3O5+. The molecule has 250 valence electrons. The molecule has 5 aliphatic rings. The molecular weight excluding hydrogens is 614 g/mol. The van der Waals surface area contributed by atoms with Gasteiger partial charge in [0.15, 0.2) is 0 Å². The third-order valence-corrected chi connectivity index (χ3v) is 11.1. The molecule has 0 unspecified atom stereocenters. The van der Waals surface area contributed by atoms with Crippen molar-refractivity contribution >= 4 is 16.9 Å². The first-order valence-corrected chi connectivity index (χ1v) is 18.0. The largest absolute Gasteiger partial charge is 0.490 e. The number of hydrogen-bond donors (Lipinski definition) is 0. The number of non-ortho nitro benzene ring substituents is 1. The summed E-state index contributed by atoms with van der Waals surface area (Å²) >= 11 is 0. The van der Waals surface area contributed by atoms with Gasteiger partial charge >= 0.3 is 0 Å². The topological polar surface area (TPSA) is 77.1 Å². The van der Waals surface area contributed by atoms with Crippen LogP contribution >= 0.6 is 0 Å². The van der Waals surface area contributed by atoms with Crippen LogP contribution in [-0.4, -0.2) is 44.3 Å². The minimum absolute atomic E-state index is 0.0188. The van der Waals surface area contributed by atoms with Gasteiger partial charge in [-0.2, -0.15) is 0 Å². The minimum Gasteiger partial charge on any atom is -0.490 e. The monoisotopic (exact) mass is 656 g/mol. The second kappa shape index (κ2) is 11.9. The van der Waals surface area contributed by atoms with Gasteiger partial charge in [-0.05, 0) is 98.9 Å². The van der Waals surface area contributed by atoms with E-state index in [1.807, 2.05) is 6.92 Å². The van der Waals surface area contributed by atoms with E-state index in [-0.39, 0.29) is 12.3 Å². The molecule has 0 aliphatic carbocycles. The van der Waals surface area contributed by atoms with Crippen LogP contribution in [0.3, 0.4) is 0 Å². The minimum atomic E-state index is -0.399. The lowest BCUT2D eigenvalue weighted by Crippen LogP contribution is -2.45. The molecule has 0 N–H and O–H groups in total. The molecule has 4 aromatic carbocycles. The fourth-order valence-electron chi connectivity index (χ4n) is 8.90. The van der Waals surface area contributed by atoms with Crippen molar-refractivity contribution in [1.29, 1.82) is 0 Å². The van der Waals surface area contributed by atoms with Crippen molar-refractivity contribution < 1.29 is 19.1 Å². The number of aryl methyl sites for hydroxylation is 4. The highest BCUT2D eigenvalue weighted by molar-refractivity contribution is 5.89. The number of anilines is 1. The molecule has 0 aromatic heterocycles. The molecule has 0 bridgehead atoms. The van der Waals surface area contributed by atoms with Gasteiger partial charge in [0, 0.05) is 65.2 Å². The normalized spacial score (nSPS) is 17.0. The molecule has 5 heterocycles. The summed E-state index contributed by atoms with van der Waals surface area (Å²) < 4.78 is 22.2. The lowest BCUT2D eigenvalue weighted by atomic mass is 9.82. The van der Waals surface area contributed by atoms with Gasteiger partial charge in [0.25, 0.3) is 5.69 Å². The van der Waals surface area contributed by atoms with Crippen LogP contribution in [0.1, 0.15) is 70.2 Å². The fourth-order valence-corrected chi connectivity index (χ4v) is 8.90. The Bertz CT molecular complexity index is 2180. The first kappa shape index (κ1) is 30.2. The van der Waals surface area contributed by atoms with Crippen molar-refractivity contribution in [3.63, 3.8) is 0 Å².